The first-order valence-electron chi connectivity index (χ1n) is 10.2. The number of benzene rings is 1. The number of thiophene rings is 1. The molecule has 4 rings (SSSR count). The molecule has 0 unspecified atom stereocenters. The molecule has 3 heterocycles. The average Bonchev–Trinajstić information content (AvgIpc) is 3.50. The van der Waals surface area contributed by atoms with Crippen LogP contribution in [0.3, 0.4) is 0 Å². The van der Waals surface area contributed by atoms with Crippen LogP contribution in [0.2, 0.25) is 0 Å². The van der Waals surface area contributed by atoms with Crippen LogP contribution in [-0.4, -0.2) is 41.5 Å². The molecule has 1 fully saturated rings. The Hall–Kier alpha value is -2.70. The number of nitrogens with one attached hydrogen (secondary N) is 1. The van der Waals surface area contributed by atoms with E-state index < -0.39 is 21.9 Å². The van der Waals surface area contributed by atoms with Crippen LogP contribution in [-0.2, 0) is 27.5 Å². The molecule has 1 N–H and O–H groups in total. The van der Waals surface area contributed by atoms with E-state index in [-0.39, 0.29) is 31.5 Å². The van der Waals surface area contributed by atoms with E-state index in [2.05, 4.69) is 10.4 Å². The number of hydrogen-bond donors (Lipinski definition) is 1. The third kappa shape index (κ3) is 5.28. The zero-order valence-electron chi connectivity index (χ0n) is 17.3. The standard InChI is InChI=1S/C21H21F3N4O3S2/c22-21(23,24)18-9-12-28(26-18)17-5-3-15(4-6-17)14-25-20(29)16-7-10-27(11-8-16)33(30,31)19-2-1-13-32-19/h1-6,9,12-13,16H,7-8,10-11,14H2,(H,25,29). The van der Waals surface area contributed by atoms with Crippen molar-refractivity contribution in [2.75, 3.05) is 13.1 Å². The molecule has 7 nitrogen and oxygen atoms in total. The van der Waals surface area contributed by atoms with E-state index in [0.717, 1.165) is 16.3 Å². The van der Waals surface area contributed by atoms with Crippen LogP contribution >= 0.6 is 11.3 Å². The summed E-state index contributed by atoms with van der Waals surface area (Å²) in [6.45, 7) is 0.841. The lowest BCUT2D eigenvalue weighted by Crippen LogP contribution is -2.42. The minimum Gasteiger partial charge on any atom is -0.352 e. The van der Waals surface area contributed by atoms with Gasteiger partial charge in [0.05, 0.1) is 5.69 Å². The van der Waals surface area contributed by atoms with Crippen molar-refractivity contribution in [3.8, 4) is 5.69 Å². The Morgan fingerprint density at radius 2 is 1.82 bits per heavy atom. The third-order valence-corrected chi connectivity index (χ3v) is 8.73. The summed E-state index contributed by atoms with van der Waals surface area (Å²) in [6, 6.07) is 10.8. The molecule has 1 aliphatic rings. The van der Waals surface area contributed by atoms with Crippen molar-refractivity contribution in [2.45, 2.75) is 29.8 Å². The molecule has 1 saturated heterocycles. The van der Waals surface area contributed by atoms with Crippen molar-refractivity contribution in [3.05, 3.63) is 65.3 Å². The monoisotopic (exact) mass is 498 g/mol. The quantitative estimate of drug-likeness (QED) is 0.562. The second-order valence-electron chi connectivity index (χ2n) is 7.64. The summed E-state index contributed by atoms with van der Waals surface area (Å²) in [7, 11) is -3.51. The summed E-state index contributed by atoms with van der Waals surface area (Å²) < 4.78 is 66.2. The highest BCUT2D eigenvalue weighted by molar-refractivity contribution is 7.91. The summed E-state index contributed by atoms with van der Waals surface area (Å²) >= 11 is 1.17. The van der Waals surface area contributed by atoms with Crippen LogP contribution in [0.5, 0.6) is 0 Å². The maximum atomic E-state index is 12.7. The normalized spacial score (nSPS) is 16.1. The lowest BCUT2D eigenvalue weighted by Gasteiger charge is -2.30. The van der Waals surface area contributed by atoms with Crippen molar-refractivity contribution >= 4 is 27.3 Å². The number of carbonyl (C=O) groups is 1. The fraction of sp³-hybridized carbons (Fsp3) is 0.333. The average molecular weight is 499 g/mol. The van der Waals surface area contributed by atoms with Crippen molar-refractivity contribution in [1.82, 2.24) is 19.4 Å². The summed E-state index contributed by atoms with van der Waals surface area (Å²) in [5, 5.41) is 8.11. The zero-order valence-corrected chi connectivity index (χ0v) is 19.0. The Morgan fingerprint density at radius 3 is 2.39 bits per heavy atom. The first-order chi connectivity index (χ1) is 15.6. The van der Waals surface area contributed by atoms with E-state index >= 15 is 0 Å². The highest BCUT2D eigenvalue weighted by Crippen LogP contribution is 2.28. The summed E-state index contributed by atoms with van der Waals surface area (Å²) in [4.78, 5) is 12.5. The smallest absolute Gasteiger partial charge is 0.352 e. The molecule has 3 aromatic rings. The van der Waals surface area contributed by atoms with Gasteiger partial charge in [0, 0.05) is 31.7 Å². The van der Waals surface area contributed by atoms with E-state index in [1.807, 2.05) is 0 Å². The minimum atomic E-state index is -4.50. The van der Waals surface area contributed by atoms with E-state index in [1.54, 1.807) is 41.8 Å². The molecule has 1 aromatic carbocycles. The van der Waals surface area contributed by atoms with Crippen molar-refractivity contribution < 1.29 is 26.4 Å². The van der Waals surface area contributed by atoms with Crippen LogP contribution in [0.25, 0.3) is 5.69 Å². The van der Waals surface area contributed by atoms with Gasteiger partial charge in [-0.05, 0) is 48.1 Å². The number of carbonyl (C=O) groups excluding carboxylic acids is 1. The number of piperidine rings is 1. The summed E-state index contributed by atoms with van der Waals surface area (Å²) in [5.41, 5.74) is 0.293. The molecule has 2 aromatic heterocycles. The molecule has 0 spiro atoms. The van der Waals surface area contributed by atoms with Crippen molar-refractivity contribution in [2.24, 2.45) is 5.92 Å². The van der Waals surface area contributed by atoms with Gasteiger partial charge in [0.1, 0.15) is 4.21 Å². The predicted molar refractivity (Wildman–Crippen MR) is 116 cm³/mol. The first-order valence-corrected chi connectivity index (χ1v) is 12.5. The van der Waals surface area contributed by atoms with Gasteiger partial charge < -0.3 is 5.32 Å². The van der Waals surface area contributed by atoms with Gasteiger partial charge in [0.25, 0.3) is 10.0 Å². The minimum absolute atomic E-state index is 0.144. The Bertz CT molecular complexity index is 1200. The number of alkyl halides is 3. The van der Waals surface area contributed by atoms with Crippen LogP contribution in [0, 0.1) is 5.92 Å². The topological polar surface area (TPSA) is 84.3 Å². The van der Waals surface area contributed by atoms with Gasteiger partial charge in [-0.25, -0.2) is 13.1 Å². The Balaban J connectivity index is 1.28. The molecule has 1 amide bonds. The van der Waals surface area contributed by atoms with Crippen molar-refractivity contribution in [3.63, 3.8) is 0 Å². The Kier molecular flexibility index (Phi) is 6.59. The lowest BCUT2D eigenvalue weighted by molar-refractivity contribution is -0.141. The van der Waals surface area contributed by atoms with E-state index in [1.165, 1.54) is 21.8 Å². The Morgan fingerprint density at radius 1 is 1.12 bits per heavy atom. The van der Waals surface area contributed by atoms with Crippen LogP contribution in [0.1, 0.15) is 24.1 Å². The second kappa shape index (κ2) is 9.27. The molecule has 0 aliphatic carbocycles. The lowest BCUT2D eigenvalue weighted by atomic mass is 9.97. The van der Waals surface area contributed by atoms with Crippen molar-refractivity contribution in [1.29, 1.82) is 0 Å². The molecule has 0 saturated carbocycles. The molecular formula is C21H21F3N4O3S2. The van der Waals surface area contributed by atoms with Crippen LogP contribution < -0.4 is 5.32 Å². The van der Waals surface area contributed by atoms with Gasteiger partial charge in [0.15, 0.2) is 5.69 Å². The molecule has 12 heteroatoms. The maximum absolute atomic E-state index is 12.7. The third-order valence-electron chi connectivity index (χ3n) is 5.46. The SMILES string of the molecule is O=C(NCc1ccc(-n2ccc(C(F)(F)F)n2)cc1)C1CCN(S(=O)(=O)c2cccs2)CC1. The number of sulfonamides is 1. The summed E-state index contributed by atoms with van der Waals surface area (Å²) in [5.74, 6) is -0.418. The highest BCUT2D eigenvalue weighted by Gasteiger charge is 2.34. The molecule has 33 heavy (non-hydrogen) atoms. The van der Waals surface area contributed by atoms with Crippen LogP contribution in [0.15, 0.2) is 58.3 Å². The fourth-order valence-electron chi connectivity index (χ4n) is 3.61. The molecular weight excluding hydrogens is 477 g/mol. The molecule has 176 valence electrons. The molecule has 0 bridgehead atoms. The molecule has 1 aliphatic heterocycles. The highest BCUT2D eigenvalue weighted by atomic mass is 32.2. The second-order valence-corrected chi connectivity index (χ2v) is 10.8. The van der Waals surface area contributed by atoms with Gasteiger partial charge in [-0.15, -0.1) is 11.3 Å². The van der Waals surface area contributed by atoms with E-state index in [4.69, 9.17) is 0 Å². The van der Waals surface area contributed by atoms with Gasteiger partial charge in [-0.3, -0.25) is 4.79 Å². The largest absolute Gasteiger partial charge is 0.435 e. The van der Waals surface area contributed by atoms with Gasteiger partial charge >= 0.3 is 6.18 Å². The van der Waals surface area contributed by atoms with Gasteiger partial charge in [-0.1, -0.05) is 18.2 Å². The fourth-order valence-corrected chi connectivity index (χ4v) is 6.23. The van der Waals surface area contributed by atoms with Crippen LogP contribution in [0.4, 0.5) is 13.2 Å². The van der Waals surface area contributed by atoms with Gasteiger partial charge in [0.2, 0.25) is 5.91 Å². The predicted octanol–water partition coefficient (Wildman–Crippen LogP) is 3.67. The molecule has 0 atom stereocenters. The number of aromatic nitrogens is 2. The number of hydrogen-bond acceptors (Lipinski definition) is 5. The Labute approximate surface area is 192 Å². The maximum Gasteiger partial charge on any atom is 0.435 e. The summed E-state index contributed by atoms with van der Waals surface area (Å²) in [6.07, 6.45) is -2.38. The number of halogens is 3. The van der Waals surface area contributed by atoms with E-state index in [0.29, 0.717) is 22.7 Å². The first kappa shape index (κ1) is 23.5. The number of rotatable bonds is 6. The van der Waals surface area contributed by atoms with Gasteiger partial charge in [-0.2, -0.15) is 22.6 Å². The molecule has 0 radical (unpaired) electrons. The number of amides is 1. The van der Waals surface area contributed by atoms with E-state index in [9.17, 15) is 26.4 Å². The zero-order chi connectivity index (χ0) is 23.6. The number of nitrogens with zero attached hydrogens (tertiary/aromatic N) is 3.